The van der Waals surface area contributed by atoms with E-state index in [-0.39, 0.29) is 13.0 Å². The number of rotatable bonds is 10. The molecule has 5 atom stereocenters. The average molecular weight is 489 g/mol. The van der Waals surface area contributed by atoms with E-state index in [0.717, 1.165) is 11.1 Å². The number of hydrogen-bond donors (Lipinski definition) is 3. The van der Waals surface area contributed by atoms with Crippen molar-refractivity contribution in [3.8, 4) is 17.2 Å². The molecule has 9 heteroatoms. The van der Waals surface area contributed by atoms with Crippen molar-refractivity contribution < 1.29 is 43.8 Å². The lowest BCUT2D eigenvalue weighted by Crippen LogP contribution is -2.60. The highest BCUT2D eigenvalue weighted by molar-refractivity contribution is 5.71. The van der Waals surface area contributed by atoms with Crippen LogP contribution in [-0.4, -0.2) is 72.8 Å². The Bertz CT molecular complexity index is 967. The van der Waals surface area contributed by atoms with Gasteiger partial charge in [-0.25, -0.2) is 0 Å². The molecule has 3 rings (SSSR count). The normalized spacial score (nSPS) is 24.2. The summed E-state index contributed by atoms with van der Waals surface area (Å²) in [7, 11) is 3.18. The standard InChI is InChI=1S/C26H32O9/c1-4-5-22(27)33-15-21-23(28)24(29)25(30)26(35-21)34-18-10-8-16(9-11-18)6-7-17-12-19(31-2)14-20(13-17)32-3/h6-14,21,23-26,28-30H,4-5,15H2,1-3H3/b7-6+/t21-,23-,24+,25-,26-/m1/s1. The third kappa shape index (κ3) is 7.19. The number of esters is 1. The van der Waals surface area contributed by atoms with Crippen LogP contribution in [0.4, 0.5) is 0 Å². The first-order valence-corrected chi connectivity index (χ1v) is 11.4. The van der Waals surface area contributed by atoms with Crippen molar-refractivity contribution >= 4 is 18.1 Å². The largest absolute Gasteiger partial charge is 0.497 e. The Hall–Kier alpha value is -3.11. The van der Waals surface area contributed by atoms with Crippen molar-refractivity contribution in [3.63, 3.8) is 0 Å². The van der Waals surface area contributed by atoms with Gasteiger partial charge in [0.1, 0.15) is 48.3 Å². The lowest BCUT2D eigenvalue weighted by molar-refractivity contribution is -0.278. The van der Waals surface area contributed by atoms with Gasteiger partial charge in [0.05, 0.1) is 14.2 Å². The highest BCUT2D eigenvalue weighted by Crippen LogP contribution is 2.26. The molecule has 1 aliphatic heterocycles. The minimum atomic E-state index is -1.52. The van der Waals surface area contributed by atoms with E-state index in [4.69, 9.17) is 23.7 Å². The predicted octanol–water partition coefficient (Wildman–Crippen LogP) is 2.40. The maximum atomic E-state index is 11.6. The van der Waals surface area contributed by atoms with Crippen LogP contribution in [0.3, 0.4) is 0 Å². The Morgan fingerprint density at radius 3 is 2.11 bits per heavy atom. The van der Waals surface area contributed by atoms with E-state index < -0.39 is 36.7 Å². The fourth-order valence-electron chi connectivity index (χ4n) is 3.51. The Morgan fingerprint density at radius 2 is 1.51 bits per heavy atom. The van der Waals surface area contributed by atoms with Crippen LogP contribution in [0.25, 0.3) is 12.2 Å². The zero-order valence-electron chi connectivity index (χ0n) is 20.0. The first kappa shape index (κ1) is 26.5. The van der Waals surface area contributed by atoms with Gasteiger partial charge in [-0.2, -0.15) is 0 Å². The van der Waals surface area contributed by atoms with Gasteiger partial charge in [-0.1, -0.05) is 31.2 Å². The van der Waals surface area contributed by atoms with Gasteiger partial charge in [-0.3, -0.25) is 4.79 Å². The minimum absolute atomic E-state index is 0.236. The third-order valence-corrected chi connectivity index (χ3v) is 5.51. The molecule has 190 valence electrons. The molecule has 0 bridgehead atoms. The second-order valence-corrected chi connectivity index (χ2v) is 8.11. The van der Waals surface area contributed by atoms with Crippen LogP contribution in [0.1, 0.15) is 30.9 Å². The SMILES string of the molecule is CCCC(=O)OC[C@H]1O[C@@H](Oc2ccc(/C=C/c3cc(OC)cc(OC)c3)cc2)[C@H](O)[C@@H](O)[C@@H]1O. The molecule has 0 radical (unpaired) electrons. The molecule has 0 unspecified atom stereocenters. The van der Waals surface area contributed by atoms with E-state index in [0.29, 0.717) is 23.7 Å². The van der Waals surface area contributed by atoms with Gasteiger partial charge in [0, 0.05) is 12.5 Å². The Kier molecular flexibility index (Phi) is 9.50. The molecular formula is C26H32O9. The predicted molar refractivity (Wildman–Crippen MR) is 128 cm³/mol. The number of hydrogen-bond acceptors (Lipinski definition) is 9. The molecule has 0 aliphatic carbocycles. The monoisotopic (exact) mass is 488 g/mol. The summed E-state index contributed by atoms with van der Waals surface area (Å²) in [5, 5.41) is 30.7. The number of carbonyl (C=O) groups excluding carboxylic acids is 1. The second kappa shape index (κ2) is 12.6. The zero-order chi connectivity index (χ0) is 25.4. The summed E-state index contributed by atoms with van der Waals surface area (Å²) in [6.45, 7) is 1.58. The summed E-state index contributed by atoms with van der Waals surface area (Å²) in [4.78, 5) is 11.6. The summed E-state index contributed by atoms with van der Waals surface area (Å²) in [6.07, 6.45) is -2.06. The van der Waals surface area contributed by atoms with Crippen molar-refractivity contribution in [1.82, 2.24) is 0 Å². The van der Waals surface area contributed by atoms with Gasteiger partial charge in [-0.05, 0) is 41.8 Å². The fraction of sp³-hybridized carbons (Fsp3) is 0.423. The third-order valence-electron chi connectivity index (χ3n) is 5.51. The molecule has 9 nitrogen and oxygen atoms in total. The highest BCUT2D eigenvalue weighted by atomic mass is 16.7. The number of carbonyl (C=O) groups is 1. The Balaban J connectivity index is 1.63. The Morgan fingerprint density at radius 1 is 0.886 bits per heavy atom. The van der Waals surface area contributed by atoms with Crippen molar-refractivity contribution in [2.75, 3.05) is 20.8 Å². The van der Waals surface area contributed by atoms with Crippen molar-refractivity contribution in [2.45, 2.75) is 50.5 Å². The highest BCUT2D eigenvalue weighted by Gasteiger charge is 2.45. The van der Waals surface area contributed by atoms with Gasteiger partial charge in [0.15, 0.2) is 0 Å². The average Bonchev–Trinajstić information content (AvgIpc) is 2.87. The van der Waals surface area contributed by atoms with Crippen LogP contribution in [0.2, 0.25) is 0 Å². The maximum absolute atomic E-state index is 11.6. The molecule has 2 aromatic carbocycles. The van der Waals surface area contributed by atoms with E-state index in [1.165, 1.54) is 0 Å². The molecule has 3 N–H and O–H groups in total. The van der Waals surface area contributed by atoms with Gasteiger partial charge in [-0.15, -0.1) is 0 Å². The van der Waals surface area contributed by atoms with E-state index in [1.807, 2.05) is 43.3 Å². The summed E-state index contributed by atoms with van der Waals surface area (Å²) >= 11 is 0. The van der Waals surface area contributed by atoms with Gasteiger partial charge in [0.2, 0.25) is 6.29 Å². The molecule has 2 aromatic rings. The summed E-state index contributed by atoms with van der Waals surface area (Å²) in [5.41, 5.74) is 1.79. The van der Waals surface area contributed by atoms with Crippen LogP contribution in [0.5, 0.6) is 17.2 Å². The molecule has 1 heterocycles. The lowest BCUT2D eigenvalue weighted by atomic mass is 9.99. The maximum Gasteiger partial charge on any atom is 0.305 e. The van der Waals surface area contributed by atoms with E-state index in [9.17, 15) is 20.1 Å². The molecular weight excluding hydrogens is 456 g/mol. The summed E-state index contributed by atoms with van der Waals surface area (Å²) in [5.74, 6) is 1.33. The van der Waals surface area contributed by atoms with Crippen LogP contribution in [0.15, 0.2) is 42.5 Å². The first-order chi connectivity index (χ1) is 16.8. The molecule has 35 heavy (non-hydrogen) atoms. The Labute approximate surface area is 204 Å². The number of aliphatic hydroxyl groups is 3. The topological polar surface area (TPSA) is 124 Å². The van der Waals surface area contributed by atoms with Crippen molar-refractivity contribution in [2.24, 2.45) is 0 Å². The van der Waals surface area contributed by atoms with Crippen LogP contribution in [-0.2, 0) is 14.3 Å². The van der Waals surface area contributed by atoms with Crippen LogP contribution >= 0.6 is 0 Å². The molecule has 0 saturated carbocycles. The quantitative estimate of drug-likeness (QED) is 0.342. The molecule has 0 spiro atoms. The summed E-state index contributed by atoms with van der Waals surface area (Å²) < 4.78 is 27.0. The zero-order valence-corrected chi connectivity index (χ0v) is 20.0. The second-order valence-electron chi connectivity index (χ2n) is 8.11. The van der Waals surface area contributed by atoms with Crippen LogP contribution < -0.4 is 14.2 Å². The number of ether oxygens (including phenoxy) is 5. The van der Waals surface area contributed by atoms with E-state index in [1.54, 1.807) is 32.4 Å². The lowest BCUT2D eigenvalue weighted by Gasteiger charge is -2.39. The molecule has 0 aromatic heterocycles. The van der Waals surface area contributed by atoms with Crippen molar-refractivity contribution in [1.29, 1.82) is 0 Å². The number of aliphatic hydroxyl groups excluding tert-OH is 3. The van der Waals surface area contributed by atoms with Crippen LogP contribution in [0, 0.1) is 0 Å². The number of benzene rings is 2. The molecule has 0 amide bonds. The first-order valence-electron chi connectivity index (χ1n) is 11.4. The minimum Gasteiger partial charge on any atom is -0.497 e. The molecule has 1 saturated heterocycles. The molecule has 1 aliphatic rings. The summed E-state index contributed by atoms with van der Waals surface area (Å²) in [6, 6.07) is 12.6. The van der Waals surface area contributed by atoms with Gasteiger partial charge >= 0.3 is 5.97 Å². The van der Waals surface area contributed by atoms with Gasteiger partial charge < -0.3 is 39.0 Å². The fourth-order valence-corrected chi connectivity index (χ4v) is 3.51. The van der Waals surface area contributed by atoms with Gasteiger partial charge in [0.25, 0.3) is 0 Å². The number of methoxy groups -OCH3 is 2. The van der Waals surface area contributed by atoms with Crippen molar-refractivity contribution in [3.05, 3.63) is 53.6 Å². The smallest absolute Gasteiger partial charge is 0.305 e. The molecule has 1 fully saturated rings. The van der Waals surface area contributed by atoms with E-state index in [2.05, 4.69) is 0 Å². The van der Waals surface area contributed by atoms with E-state index >= 15 is 0 Å².